The molecule has 104 valence electrons. The predicted molar refractivity (Wildman–Crippen MR) is 73.7 cm³/mol. The van der Waals surface area contributed by atoms with E-state index < -0.39 is 6.10 Å². The van der Waals surface area contributed by atoms with E-state index in [2.05, 4.69) is 0 Å². The van der Waals surface area contributed by atoms with Crippen molar-refractivity contribution in [2.24, 2.45) is 0 Å². The highest BCUT2D eigenvalue weighted by atomic mass is 16.4. The van der Waals surface area contributed by atoms with E-state index in [9.17, 15) is 9.90 Å². The molecule has 2 heterocycles. The maximum Gasteiger partial charge on any atom is 0.419 e. The Balaban J connectivity index is 2.10. The van der Waals surface area contributed by atoms with Gasteiger partial charge in [0.15, 0.2) is 5.58 Å². The Morgan fingerprint density at radius 2 is 2.15 bits per heavy atom. The second kappa shape index (κ2) is 4.68. The van der Waals surface area contributed by atoms with Gasteiger partial charge in [-0.1, -0.05) is 6.07 Å². The first-order valence-electron chi connectivity index (χ1n) is 6.47. The average molecular weight is 273 g/mol. The van der Waals surface area contributed by atoms with E-state index in [-0.39, 0.29) is 5.76 Å². The minimum atomic E-state index is -0.871. The van der Waals surface area contributed by atoms with E-state index in [0.717, 1.165) is 11.1 Å². The summed E-state index contributed by atoms with van der Waals surface area (Å²) in [6, 6.07) is 7.02. The third kappa shape index (κ3) is 1.87. The molecule has 0 bridgehead atoms. The van der Waals surface area contributed by atoms with Gasteiger partial charge < -0.3 is 13.9 Å². The first kappa shape index (κ1) is 12.7. The molecule has 0 saturated carbocycles. The molecule has 0 radical (unpaired) electrons. The lowest BCUT2D eigenvalue weighted by Crippen LogP contribution is -2.11. The molecule has 0 amide bonds. The van der Waals surface area contributed by atoms with Gasteiger partial charge in [-0.15, -0.1) is 0 Å². The molecular weight excluding hydrogens is 258 g/mol. The van der Waals surface area contributed by atoms with Gasteiger partial charge in [-0.25, -0.2) is 4.79 Å². The number of benzene rings is 1. The Bertz CT molecular complexity index is 809. The van der Waals surface area contributed by atoms with Crippen molar-refractivity contribution in [3.8, 4) is 0 Å². The maximum atomic E-state index is 11.6. The molecule has 1 aromatic carbocycles. The molecule has 0 aliphatic rings. The molecule has 3 aromatic rings. The summed E-state index contributed by atoms with van der Waals surface area (Å²) in [5.74, 6) is 0.116. The number of hydrogen-bond acceptors (Lipinski definition) is 4. The summed E-state index contributed by atoms with van der Waals surface area (Å²) in [5, 5.41) is 10.3. The third-order valence-corrected chi connectivity index (χ3v) is 3.47. The fourth-order valence-corrected chi connectivity index (χ4v) is 2.37. The lowest BCUT2D eigenvalue weighted by Gasteiger charge is -2.09. The number of hydrogen-bond donors (Lipinski definition) is 1. The van der Waals surface area contributed by atoms with Crippen LogP contribution in [0.4, 0.5) is 0 Å². The van der Waals surface area contributed by atoms with Gasteiger partial charge in [-0.3, -0.25) is 4.57 Å². The zero-order chi connectivity index (χ0) is 14.3. The zero-order valence-corrected chi connectivity index (χ0v) is 11.3. The first-order chi connectivity index (χ1) is 9.61. The summed E-state index contributed by atoms with van der Waals surface area (Å²) in [6.45, 7) is 4.30. The molecule has 0 fully saturated rings. The number of aliphatic hydroxyl groups is 1. The van der Waals surface area contributed by atoms with Gasteiger partial charge in [0.1, 0.15) is 11.9 Å². The zero-order valence-electron chi connectivity index (χ0n) is 11.3. The molecule has 5 heteroatoms. The smallest absolute Gasteiger partial charge is 0.419 e. The minimum Gasteiger partial charge on any atom is -0.466 e. The van der Waals surface area contributed by atoms with Crippen LogP contribution in [0.1, 0.15) is 29.9 Å². The van der Waals surface area contributed by atoms with Crippen LogP contribution in [0, 0.1) is 6.92 Å². The van der Waals surface area contributed by atoms with Crippen molar-refractivity contribution >= 4 is 11.1 Å². The van der Waals surface area contributed by atoms with Gasteiger partial charge in [0.05, 0.1) is 11.8 Å². The van der Waals surface area contributed by atoms with Crippen LogP contribution in [-0.2, 0) is 6.54 Å². The number of nitrogens with zero attached hydrogens (tertiary/aromatic N) is 1. The quantitative estimate of drug-likeness (QED) is 0.796. The molecule has 0 spiro atoms. The first-order valence-corrected chi connectivity index (χ1v) is 6.47. The van der Waals surface area contributed by atoms with Gasteiger partial charge in [-0.05, 0) is 43.2 Å². The minimum absolute atomic E-state index is 0.386. The van der Waals surface area contributed by atoms with Crippen molar-refractivity contribution in [2.45, 2.75) is 26.5 Å². The van der Waals surface area contributed by atoms with Crippen LogP contribution >= 0.6 is 0 Å². The molecule has 1 unspecified atom stereocenters. The molecule has 3 rings (SSSR count). The van der Waals surface area contributed by atoms with Gasteiger partial charge in [-0.2, -0.15) is 0 Å². The van der Waals surface area contributed by atoms with Crippen molar-refractivity contribution < 1.29 is 13.9 Å². The summed E-state index contributed by atoms with van der Waals surface area (Å²) in [6.07, 6.45) is 0.671. The van der Waals surface area contributed by atoms with Crippen LogP contribution in [0.2, 0.25) is 0 Å². The topological polar surface area (TPSA) is 68.5 Å². The van der Waals surface area contributed by atoms with Crippen LogP contribution < -0.4 is 5.76 Å². The van der Waals surface area contributed by atoms with E-state index in [0.29, 0.717) is 23.5 Å². The van der Waals surface area contributed by atoms with E-state index in [1.165, 1.54) is 0 Å². The molecule has 20 heavy (non-hydrogen) atoms. The normalized spacial score (nSPS) is 12.9. The molecule has 1 N–H and O–H groups in total. The van der Waals surface area contributed by atoms with E-state index in [1.54, 1.807) is 35.1 Å². The number of aliphatic hydroxyl groups excluding tert-OH is 1. The average Bonchev–Trinajstić information content (AvgIpc) is 2.99. The van der Waals surface area contributed by atoms with Crippen LogP contribution in [0.25, 0.3) is 11.1 Å². The summed E-state index contributed by atoms with van der Waals surface area (Å²) in [5.41, 5.74) is 2.71. The second-order valence-electron chi connectivity index (χ2n) is 4.71. The Morgan fingerprint density at radius 1 is 1.35 bits per heavy atom. The molecule has 0 aliphatic heterocycles. The molecule has 2 aromatic heterocycles. The number of aromatic nitrogens is 1. The van der Waals surface area contributed by atoms with Crippen molar-refractivity contribution in [3.63, 3.8) is 0 Å². The molecule has 5 nitrogen and oxygen atoms in total. The number of aryl methyl sites for hydroxylation is 2. The van der Waals surface area contributed by atoms with E-state index >= 15 is 0 Å². The fraction of sp³-hybridized carbons (Fsp3) is 0.267. The largest absolute Gasteiger partial charge is 0.466 e. The Kier molecular flexibility index (Phi) is 2.99. The molecule has 0 saturated heterocycles. The highest BCUT2D eigenvalue weighted by molar-refractivity contribution is 5.74. The van der Waals surface area contributed by atoms with Crippen LogP contribution in [0.15, 0.2) is 44.2 Å². The Hall–Kier alpha value is -2.27. The summed E-state index contributed by atoms with van der Waals surface area (Å²) < 4.78 is 12.0. The molecular formula is C15H15NO4. The van der Waals surface area contributed by atoms with Crippen molar-refractivity contribution in [1.29, 1.82) is 0 Å². The van der Waals surface area contributed by atoms with Crippen LogP contribution in [-0.4, -0.2) is 9.67 Å². The number of furan rings is 1. The van der Waals surface area contributed by atoms with Crippen molar-refractivity contribution in [3.05, 3.63) is 58.0 Å². The lowest BCUT2D eigenvalue weighted by atomic mass is 10.0. The van der Waals surface area contributed by atoms with Gasteiger partial charge >= 0.3 is 5.76 Å². The van der Waals surface area contributed by atoms with Gasteiger partial charge in [0.25, 0.3) is 0 Å². The molecule has 0 aliphatic carbocycles. The number of oxazole rings is 1. The second-order valence-corrected chi connectivity index (χ2v) is 4.71. The Labute approximate surface area is 115 Å². The number of fused-ring (bicyclic) bond motifs is 1. The van der Waals surface area contributed by atoms with Gasteiger partial charge in [0, 0.05) is 6.54 Å². The highest BCUT2D eigenvalue weighted by Gasteiger charge is 2.18. The summed E-state index contributed by atoms with van der Waals surface area (Å²) >= 11 is 0. The number of rotatable bonds is 3. The van der Waals surface area contributed by atoms with Gasteiger partial charge in [0.2, 0.25) is 0 Å². The SMILES string of the molecule is CCn1c(=O)oc2cc(C(O)c3occc3C)ccc21. The van der Waals surface area contributed by atoms with E-state index in [4.69, 9.17) is 8.83 Å². The van der Waals surface area contributed by atoms with Crippen molar-refractivity contribution in [2.75, 3.05) is 0 Å². The standard InChI is InChI=1S/C15H15NO4/c1-3-16-11-5-4-10(8-12(11)20-15(16)18)13(17)14-9(2)6-7-19-14/h4-8,13,17H,3H2,1-2H3. The fourth-order valence-electron chi connectivity index (χ4n) is 2.37. The predicted octanol–water partition coefficient (Wildman–Crippen LogP) is 2.60. The lowest BCUT2D eigenvalue weighted by molar-refractivity contribution is 0.188. The monoisotopic (exact) mass is 273 g/mol. The van der Waals surface area contributed by atoms with E-state index in [1.807, 2.05) is 13.8 Å². The van der Waals surface area contributed by atoms with Crippen molar-refractivity contribution in [1.82, 2.24) is 4.57 Å². The third-order valence-electron chi connectivity index (χ3n) is 3.47. The summed E-state index contributed by atoms with van der Waals surface area (Å²) in [4.78, 5) is 11.6. The van der Waals surface area contributed by atoms with Crippen LogP contribution in [0.5, 0.6) is 0 Å². The molecule has 1 atom stereocenters. The van der Waals surface area contributed by atoms with Crippen LogP contribution in [0.3, 0.4) is 0 Å². The maximum absolute atomic E-state index is 11.6. The summed E-state index contributed by atoms with van der Waals surface area (Å²) in [7, 11) is 0. The Morgan fingerprint density at radius 3 is 2.80 bits per heavy atom. The highest BCUT2D eigenvalue weighted by Crippen LogP contribution is 2.27.